The highest BCUT2D eigenvalue weighted by atomic mass is 32.1. The molecule has 0 aliphatic heterocycles. The van der Waals surface area contributed by atoms with E-state index in [4.69, 9.17) is 8.83 Å². The summed E-state index contributed by atoms with van der Waals surface area (Å²) in [6, 6.07) is 86.8. The molecule has 3 aromatic heterocycles. The molecule has 0 atom stereocenters. The fourth-order valence-electron chi connectivity index (χ4n) is 10.5. The predicted molar refractivity (Wildman–Crippen MR) is 292 cm³/mol. The van der Waals surface area contributed by atoms with Crippen molar-refractivity contribution in [2.45, 2.75) is 0 Å². The second kappa shape index (κ2) is 15.9. The molecule has 69 heavy (non-hydrogen) atoms. The Balaban J connectivity index is 0.973. The Morgan fingerprint density at radius 3 is 1.30 bits per heavy atom. The second-order valence-corrected chi connectivity index (χ2v) is 18.7. The number of furan rings is 2. The van der Waals surface area contributed by atoms with Gasteiger partial charge in [0.15, 0.2) is 11.2 Å². The van der Waals surface area contributed by atoms with Crippen molar-refractivity contribution in [3.63, 3.8) is 0 Å². The van der Waals surface area contributed by atoms with Gasteiger partial charge in [-0.3, -0.25) is 0 Å². The van der Waals surface area contributed by atoms with Crippen LogP contribution in [0.25, 0.3) is 97.1 Å². The van der Waals surface area contributed by atoms with E-state index in [2.05, 4.69) is 240 Å². The van der Waals surface area contributed by atoms with Gasteiger partial charge in [-0.05, 0) is 94.4 Å². The minimum absolute atomic E-state index is 0.854. The van der Waals surface area contributed by atoms with Crippen molar-refractivity contribution in [2.24, 2.45) is 0 Å². The first kappa shape index (κ1) is 39.3. The molecule has 0 fully saturated rings. The standard InChI is InChI=1S/C64H40N2O2S/c1-3-15-41(16-4-1)43-29-33-45(34-30-43)65(55-25-13-23-52-49-20-9-11-27-58(49)67-63(52)55)47-37-38-54-60(39-47)69-61-40-57(48-19-7-8-22-51(48)62(54)61)66(46-35-31-44(32-36-46)42-17-5-2-6-18-42)56-26-14-24-53-50-21-10-12-28-59(50)68-64(53)56/h1-40H. The number of hydrogen-bond acceptors (Lipinski definition) is 5. The smallest absolute Gasteiger partial charge is 0.159 e. The fourth-order valence-corrected chi connectivity index (χ4v) is 11.6. The summed E-state index contributed by atoms with van der Waals surface area (Å²) in [5.74, 6) is 0. The lowest BCUT2D eigenvalue weighted by atomic mass is 10.00. The molecule has 4 nitrogen and oxygen atoms in total. The van der Waals surface area contributed by atoms with Crippen molar-refractivity contribution in [3.05, 3.63) is 243 Å². The Morgan fingerprint density at radius 1 is 0.275 bits per heavy atom. The van der Waals surface area contributed by atoms with Crippen LogP contribution in [-0.4, -0.2) is 0 Å². The van der Waals surface area contributed by atoms with Gasteiger partial charge in [-0.15, -0.1) is 11.3 Å². The van der Waals surface area contributed by atoms with Gasteiger partial charge in [-0.25, -0.2) is 0 Å². The summed E-state index contributed by atoms with van der Waals surface area (Å²) in [6.07, 6.45) is 0. The largest absolute Gasteiger partial charge is 0.454 e. The summed E-state index contributed by atoms with van der Waals surface area (Å²) in [6.45, 7) is 0. The van der Waals surface area contributed by atoms with Crippen molar-refractivity contribution >= 4 is 120 Å². The number of fused-ring (bicyclic) bond motifs is 11. The van der Waals surface area contributed by atoms with Gasteiger partial charge in [0.1, 0.15) is 11.2 Å². The number of thiophene rings is 1. The molecule has 0 spiro atoms. The van der Waals surface area contributed by atoms with Gasteiger partial charge in [0.05, 0.1) is 17.1 Å². The van der Waals surface area contributed by atoms with Crippen LogP contribution in [-0.2, 0) is 0 Å². The third-order valence-electron chi connectivity index (χ3n) is 13.7. The maximum atomic E-state index is 6.78. The lowest BCUT2D eigenvalue weighted by Gasteiger charge is -2.27. The Hall–Kier alpha value is -8.90. The summed E-state index contributed by atoms with van der Waals surface area (Å²) in [5.41, 5.74) is 14.4. The van der Waals surface area contributed by atoms with E-state index in [1.54, 1.807) is 0 Å². The van der Waals surface area contributed by atoms with E-state index in [1.165, 1.54) is 47.8 Å². The third-order valence-corrected chi connectivity index (χ3v) is 14.8. The average Bonchev–Trinajstić information content (AvgIpc) is 4.12. The SMILES string of the molecule is c1ccc(-c2ccc(N(c3ccc4c(c3)sc3cc(N(c5ccc(-c6ccccc6)cc5)c5cccc6c5oc5ccccc56)c5ccccc5c34)c3cccc4c3oc3ccccc34)cc2)cc1. The number of anilines is 6. The van der Waals surface area contributed by atoms with Gasteiger partial charge in [-0.2, -0.15) is 0 Å². The van der Waals surface area contributed by atoms with Crippen LogP contribution in [0.5, 0.6) is 0 Å². The van der Waals surface area contributed by atoms with Crippen LogP contribution in [0.15, 0.2) is 251 Å². The predicted octanol–water partition coefficient (Wildman–Crippen LogP) is 19.3. The Bertz CT molecular complexity index is 4250. The molecule has 14 rings (SSSR count). The highest BCUT2D eigenvalue weighted by molar-refractivity contribution is 7.26. The summed E-state index contributed by atoms with van der Waals surface area (Å²) >= 11 is 1.83. The van der Waals surface area contributed by atoms with E-state index in [-0.39, 0.29) is 0 Å². The Morgan fingerprint density at radius 2 is 0.725 bits per heavy atom. The maximum absolute atomic E-state index is 6.78. The molecule has 3 heterocycles. The van der Waals surface area contributed by atoms with E-state index in [0.29, 0.717) is 0 Å². The van der Waals surface area contributed by atoms with Crippen molar-refractivity contribution in [1.82, 2.24) is 0 Å². The highest BCUT2D eigenvalue weighted by Gasteiger charge is 2.25. The number of benzene rings is 11. The van der Waals surface area contributed by atoms with Gasteiger partial charge in [0.25, 0.3) is 0 Å². The summed E-state index contributed by atoms with van der Waals surface area (Å²) in [5, 5.41) is 9.22. The average molecular weight is 901 g/mol. The van der Waals surface area contributed by atoms with E-state index in [9.17, 15) is 0 Å². The molecule has 0 N–H and O–H groups in total. The minimum atomic E-state index is 0.854. The third kappa shape index (κ3) is 6.43. The van der Waals surface area contributed by atoms with Crippen molar-refractivity contribution in [2.75, 3.05) is 9.80 Å². The lowest BCUT2D eigenvalue weighted by Crippen LogP contribution is -2.11. The first-order valence-electron chi connectivity index (χ1n) is 23.3. The minimum Gasteiger partial charge on any atom is -0.454 e. The van der Waals surface area contributed by atoms with Gasteiger partial charge < -0.3 is 18.6 Å². The van der Waals surface area contributed by atoms with E-state index >= 15 is 0 Å². The zero-order valence-corrected chi connectivity index (χ0v) is 38.0. The lowest BCUT2D eigenvalue weighted by molar-refractivity contribution is 0.668. The summed E-state index contributed by atoms with van der Waals surface area (Å²) < 4.78 is 15.9. The number of rotatable bonds is 8. The Kier molecular flexibility index (Phi) is 9.04. The molecule has 0 saturated heterocycles. The fraction of sp³-hybridized carbons (Fsp3) is 0. The molecule has 11 aromatic carbocycles. The van der Waals surface area contributed by atoms with Crippen LogP contribution in [0.4, 0.5) is 34.1 Å². The molecule has 0 unspecified atom stereocenters. The molecule has 14 aromatic rings. The molecule has 0 bridgehead atoms. The second-order valence-electron chi connectivity index (χ2n) is 17.6. The van der Waals surface area contributed by atoms with E-state index < -0.39 is 0 Å². The van der Waals surface area contributed by atoms with E-state index in [0.717, 1.165) is 83.4 Å². The summed E-state index contributed by atoms with van der Waals surface area (Å²) in [7, 11) is 0. The van der Waals surface area contributed by atoms with Crippen LogP contribution in [0.1, 0.15) is 0 Å². The first-order chi connectivity index (χ1) is 34.2. The topological polar surface area (TPSA) is 32.8 Å². The number of nitrogens with zero attached hydrogens (tertiary/aromatic N) is 2. The van der Waals surface area contributed by atoms with Crippen LogP contribution in [0.3, 0.4) is 0 Å². The number of para-hydroxylation sites is 4. The van der Waals surface area contributed by atoms with Gasteiger partial charge >= 0.3 is 0 Å². The highest BCUT2D eigenvalue weighted by Crippen LogP contribution is 2.50. The molecule has 324 valence electrons. The quantitative estimate of drug-likeness (QED) is 0.152. The molecule has 0 aliphatic rings. The molecule has 0 amide bonds. The zero-order valence-electron chi connectivity index (χ0n) is 37.2. The molecule has 5 heteroatoms. The van der Waals surface area contributed by atoms with Crippen molar-refractivity contribution in [1.29, 1.82) is 0 Å². The van der Waals surface area contributed by atoms with Crippen LogP contribution in [0.2, 0.25) is 0 Å². The molecule has 0 saturated carbocycles. The molecular formula is C64H40N2O2S. The first-order valence-corrected chi connectivity index (χ1v) is 24.1. The number of hydrogen-bond donors (Lipinski definition) is 0. The van der Waals surface area contributed by atoms with Crippen LogP contribution >= 0.6 is 11.3 Å². The van der Waals surface area contributed by atoms with E-state index in [1.807, 2.05) is 23.5 Å². The van der Waals surface area contributed by atoms with Crippen molar-refractivity contribution in [3.8, 4) is 22.3 Å². The maximum Gasteiger partial charge on any atom is 0.159 e. The summed E-state index contributed by atoms with van der Waals surface area (Å²) in [4.78, 5) is 4.74. The Labute approximate surface area is 401 Å². The normalized spacial score (nSPS) is 11.8. The van der Waals surface area contributed by atoms with Crippen LogP contribution in [0, 0.1) is 0 Å². The van der Waals surface area contributed by atoms with Crippen molar-refractivity contribution < 1.29 is 8.83 Å². The molecular weight excluding hydrogens is 861 g/mol. The van der Waals surface area contributed by atoms with Gasteiger partial charge in [-0.1, -0.05) is 176 Å². The molecule has 0 radical (unpaired) electrons. The van der Waals surface area contributed by atoms with Gasteiger partial charge in [0, 0.05) is 64.2 Å². The monoisotopic (exact) mass is 900 g/mol. The van der Waals surface area contributed by atoms with Crippen LogP contribution < -0.4 is 9.80 Å². The zero-order chi connectivity index (χ0) is 45.4. The molecule has 0 aliphatic carbocycles. The van der Waals surface area contributed by atoms with Gasteiger partial charge in [0.2, 0.25) is 0 Å².